The molecule has 2 aromatic rings. The van der Waals surface area contributed by atoms with Crippen molar-refractivity contribution in [3.8, 4) is 0 Å². The number of phosphoric acid groups is 1. The van der Waals surface area contributed by atoms with Crippen LogP contribution in [0.25, 0.3) is 0 Å². The van der Waals surface area contributed by atoms with Crippen molar-refractivity contribution in [1.29, 1.82) is 0 Å². The van der Waals surface area contributed by atoms with Gasteiger partial charge in [0.15, 0.2) is 12.3 Å². The van der Waals surface area contributed by atoms with Gasteiger partial charge in [0.2, 0.25) is 0 Å². The first-order valence-electron chi connectivity index (χ1n) is 10.5. The van der Waals surface area contributed by atoms with Gasteiger partial charge in [-0.2, -0.15) is 0 Å². The summed E-state index contributed by atoms with van der Waals surface area (Å²) in [5, 5.41) is 9.40. The Morgan fingerprint density at radius 2 is 1.78 bits per heavy atom. The van der Waals surface area contributed by atoms with Crippen LogP contribution in [0.15, 0.2) is 52.2 Å². The smallest absolute Gasteiger partial charge is 0.451 e. The van der Waals surface area contributed by atoms with Crippen molar-refractivity contribution in [2.24, 2.45) is 0 Å². The monoisotopic (exact) mass is 548 g/mol. The summed E-state index contributed by atoms with van der Waals surface area (Å²) in [5.74, 6) is -0.866. The fourth-order valence-corrected chi connectivity index (χ4v) is 5.68. The first-order valence-corrected chi connectivity index (χ1v) is 13.6. The number of aromatic nitrogens is 2. The molecule has 4 N–H and O–H groups in total. The van der Waals surface area contributed by atoms with Crippen LogP contribution in [0.2, 0.25) is 0 Å². The maximum absolute atomic E-state index is 12.6. The molecule has 0 spiro atoms. The second kappa shape index (κ2) is 10.5. The zero-order valence-electron chi connectivity index (χ0n) is 19.4. The van der Waals surface area contributed by atoms with Crippen molar-refractivity contribution < 1.29 is 47.1 Å². The van der Waals surface area contributed by atoms with Gasteiger partial charge >= 0.3 is 27.1 Å². The lowest BCUT2D eigenvalue weighted by molar-refractivity contribution is -0.0596. The van der Waals surface area contributed by atoms with Crippen molar-refractivity contribution in [3.63, 3.8) is 0 Å². The van der Waals surface area contributed by atoms with Crippen LogP contribution in [0, 0.1) is 0 Å². The second-order valence-corrected chi connectivity index (χ2v) is 13.1. The lowest BCUT2D eigenvalue weighted by Gasteiger charge is -2.26. The van der Waals surface area contributed by atoms with Crippen molar-refractivity contribution in [3.05, 3.63) is 69.0 Å². The number of aliphatic hydroxyl groups excluding tert-OH is 1. The van der Waals surface area contributed by atoms with Gasteiger partial charge in [0.25, 0.3) is 5.56 Å². The Hall–Kier alpha value is -2.41. The average Bonchev–Trinajstić information content (AvgIpc) is 3.06. The maximum atomic E-state index is 12.6. The number of H-pyrrole nitrogens is 1. The Balaban J connectivity index is 1.83. The number of nitrogens with zero attached hydrogens (tertiary/aromatic N) is 1. The second-order valence-electron chi connectivity index (χ2n) is 8.85. The molecule has 3 unspecified atom stereocenters. The summed E-state index contributed by atoms with van der Waals surface area (Å²) in [6, 6.07) is 8.73. The van der Waals surface area contributed by atoms with Crippen LogP contribution in [0.4, 0.5) is 0 Å². The SMILES string of the molecule is CC(C)(C)P(=O)(O)OP(=O)(O)OC[C@H]1O[C@@H](n2ccc(=O)[nH]c2=O)[C@@H](OC(=O)c2ccccc2)C1O. The number of aromatic amines is 1. The molecule has 198 valence electrons. The van der Waals surface area contributed by atoms with Gasteiger partial charge in [-0.15, -0.1) is 0 Å². The fourth-order valence-electron chi connectivity index (χ4n) is 3.05. The van der Waals surface area contributed by atoms with E-state index in [9.17, 15) is 38.4 Å². The highest BCUT2D eigenvalue weighted by Gasteiger charge is 2.49. The molecule has 0 saturated carbocycles. The van der Waals surface area contributed by atoms with E-state index in [0.717, 1.165) is 16.8 Å². The quantitative estimate of drug-likeness (QED) is 0.271. The van der Waals surface area contributed by atoms with E-state index in [0.29, 0.717) is 0 Å². The molecule has 0 amide bonds. The minimum atomic E-state index is -5.12. The Morgan fingerprint density at radius 1 is 1.14 bits per heavy atom. The average molecular weight is 548 g/mol. The highest BCUT2D eigenvalue weighted by atomic mass is 31.3. The van der Waals surface area contributed by atoms with Crippen LogP contribution in [0.5, 0.6) is 0 Å². The van der Waals surface area contributed by atoms with Gasteiger partial charge in [0.1, 0.15) is 12.2 Å². The van der Waals surface area contributed by atoms with Gasteiger partial charge in [-0.25, -0.2) is 18.5 Å². The molecule has 36 heavy (non-hydrogen) atoms. The summed E-state index contributed by atoms with van der Waals surface area (Å²) < 4.78 is 45.6. The summed E-state index contributed by atoms with van der Waals surface area (Å²) >= 11 is 0. The lowest BCUT2D eigenvalue weighted by Crippen LogP contribution is -2.40. The predicted molar refractivity (Wildman–Crippen MR) is 123 cm³/mol. The predicted octanol–water partition coefficient (Wildman–Crippen LogP) is 1.14. The molecule has 0 radical (unpaired) electrons. The minimum Gasteiger partial charge on any atom is -0.451 e. The molecule has 1 fully saturated rings. The third-order valence-electron chi connectivity index (χ3n) is 5.15. The van der Waals surface area contributed by atoms with Gasteiger partial charge in [0, 0.05) is 12.3 Å². The third kappa shape index (κ3) is 6.47. The van der Waals surface area contributed by atoms with Crippen molar-refractivity contribution >= 4 is 21.4 Å². The van der Waals surface area contributed by atoms with Crippen LogP contribution < -0.4 is 11.2 Å². The van der Waals surface area contributed by atoms with Crippen LogP contribution in [-0.2, 0) is 27.4 Å². The third-order valence-corrected chi connectivity index (χ3v) is 9.04. The number of aliphatic hydroxyl groups is 1. The molecule has 1 aliphatic rings. The zero-order valence-corrected chi connectivity index (χ0v) is 21.2. The number of esters is 1. The first-order chi connectivity index (χ1) is 16.6. The molecule has 1 aromatic carbocycles. The number of hydrogen-bond donors (Lipinski definition) is 4. The van der Waals surface area contributed by atoms with Gasteiger partial charge in [-0.3, -0.25) is 23.4 Å². The summed E-state index contributed by atoms with van der Waals surface area (Å²) in [6.45, 7) is 3.09. The molecule has 6 atom stereocenters. The van der Waals surface area contributed by atoms with E-state index < -0.39 is 68.9 Å². The summed E-state index contributed by atoms with van der Waals surface area (Å²) in [5.41, 5.74) is -1.52. The highest BCUT2D eigenvalue weighted by molar-refractivity contribution is 7.64. The van der Waals surface area contributed by atoms with E-state index >= 15 is 0 Å². The number of ether oxygens (including phenoxy) is 2. The van der Waals surface area contributed by atoms with Crippen molar-refractivity contribution in [2.75, 3.05) is 6.61 Å². The number of rotatable bonds is 8. The number of hydrogen-bond acceptors (Lipinski definition) is 10. The number of carbonyl (C=O) groups is 1. The molecule has 2 heterocycles. The normalized spacial score (nSPS) is 25.6. The fraction of sp³-hybridized carbons (Fsp3) is 0.450. The molecule has 0 aliphatic carbocycles. The van der Waals surface area contributed by atoms with Crippen molar-refractivity contribution in [1.82, 2.24) is 9.55 Å². The molecule has 0 bridgehead atoms. The Kier molecular flexibility index (Phi) is 8.23. The maximum Gasteiger partial charge on any atom is 0.479 e. The number of nitrogens with one attached hydrogen (secondary N) is 1. The Bertz CT molecular complexity index is 1300. The van der Waals surface area contributed by atoms with Crippen molar-refractivity contribution in [2.45, 2.75) is 50.5 Å². The largest absolute Gasteiger partial charge is 0.479 e. The van der Waals surface area contributed by atoms with Crippen LogP contribution >= 0.6 is 15.4 Å². The highest BCUT2D eigenvalue weighted by Crippen LogP contribution is 2.66. The van der Waals surface area contributed by atoms with Gasteiger partial charge in [-0.05, 0) is 32.9 Å². The Morgan fingerprint density at radius 3 is 2.36 bits per heavy atom. The number of phosphoric ester groups is 1. The molecular weight excluding hydrogens is 522 g/mol. The van der Waals surface area contributed by atoms with Crippen LogP contribution in [0.3, 0.4) is 0 Å². The molecular formula is C20H26N2O12P2. The summed E-state index contributed by atoms with van der Waals surface area (Å²) in [4.78, 5) is 58.3. The van der Waals surface area contributed by atoms with Gasteiger partial charge in [-0.1, -0.05) is 18.2 Å². The zero-order chi connectivity index (χ0) is 26.9. The van der Waals surface area contributed by atoms with E-state index in [4.69, 9.17) is 14.0 Å². The summed E-state index contributed by atoms with van der Waals surface area (Å²) in [7, 11) is -9.72. The summed E-state index contributed by atoms with van der Waals surface area (Å²) in [6.07, 6.45) is -5.09. The van der Waals surface area contributed by atoms with Crippen LogP contribution in [0.1, 0.15) is 37.4 Å². The number of carbonyl (C=O) groups excluding carboxylic acids is 1. The minimum absolute atomic E-state index is 0.131. The lowest BCUT2D eigenvalue weighted by atomic mass is 10.1. The van der Waals surface area contributed by atoms with Crippen LogP contribution in [-0.4, -0.2) is 60.5 Å². The van der Waals surface area contributed by atoms with E-state index in [1.165, 1.54) is 32.9 Å². The van der Waals surface area contributed by atoms with E-state index in [-0.39, 0.29) is 5.56 Å². The molecule has 14 nitrogen and oxygen atoms in total. The van der Waals surface area contributed by atoms with E-state index in [1.807, 2.05) is 4.98 Å². The molecule has 1 aromatic heterocycles. The standard InChI is InChI=1S/C20H26N2O12P2/c1-20(2,3)35(27,28)34-36(29,30)31-11-13-15(24)16(33-18(25)12-7-5-4-6-8-12)17(32-13)22-10-9-14(23)21-19(22)26/h4-10,13,15-17,24H,11H2,1-3H3,(H,27,28)(H,29,30)(H,21,23,26)/t13-,15?,16+,17-/m1/s1. The molecule has 1 saturated heterocycles. The number of benzene rings is 1. The topological polar surface area (TPSA) is 204 Å². The van der Waals surface area contributed by atoms with Gasteiger partial charge in [0.05, 0.1) is 17.3 Å². The molecule has 1 aliphatic heterocycles. The first kappa shape index (κ1) is 28.2. The van der Waals surface area contributed by atoms with E-state index in [2.05, 4.69) is 4.31 Å². The van der Waals surface area contributed by atoms with E-state index in [1.54, 1.807) is 18.2 Å². The van der Waals surface area contributed by atoms with Gasteiger partial charge < -0.3 is 24.4 Å². The molecule has 3 rings (SSSR count). The Labute approximate surface area is 204 Å². The molecule has 16 heteroatoms.